The Morgan fingerprint density at radius 2 is 2.33 bits per heavy atom. The Labute approximate surface area is 73.1 Å². The van der Waals surface area contributed by atoms with Crippen molar-refractivity contribution in [2.24, 2.45) is 11.5 Å². The van der Waals surface area contributed by atoms with Gasteiger partial charge < -0.3 is 11.5 Å². The first-order valence-electron chi connectivity index (χ1n) is 3.29. The highest BCUT2D eigenvalue weighted by Gasteiger charge is 2.04. The minimum atomic E-state index is -0.283. The maximum atomic E-state index is 10.8. The quantitative estimate of drug-likeness (QED) is 0.556. The standard InChI is InChI=1S/C5H9N5OS/c6-1-3-8-5(12-10-3)9-4(11)2-7/h1-2,6-7H2,(H,8,9,10,11). The summed E-state index contributed by atoms with van der Waals surface area (Å²) in [5, 5.41) is 2.91. The molecule has 12 heavy (non-hydrogen) atoms. The van der Waals surface area contributed by atoms with Gasteiger partial charge in [0.15, 0.2) is 5.82 Å². The average molecular weight is 187 g/mol. The van der Waals surface area contributed by atoms with Crippen molar-refractivity contribution in [3.05, 3.63) is 5.82 Å². The minimum absolute atomic E-state index is 0.0580. The van der Waals surface area contributed by atoms with Crippen LogP contribution in [0.2, 0.25) is 0 Å². The monoisotopic (exact) mass is 187 g/mol. The summed E-state index contributed by atoms with van der Waals surface area (Å²) in [6.07, 6.45) is 0. The molecule has 1 aromatic rings. The van der Waals surface area contributed by atoms with Crippen molar-refractivity contribution in [3.8, 4) is 0 Å². The van der Waals surface area contributed by atoms with Crippen molar-refractivity contribution in [2.75, 3.05) is 11.9 Å². The number of amides is 1. The van der Waals surface area contributed by atoms with E-state index in [-0.39, 0.29) is 19.0 Å². The summed E-state index contributed by atoms with van der Waals surface area (Å²) in [5.41, 5.74) is 10.3. The predicted octanol–water partition coefficient (Wildman–Crippen LogP) is -1.11. The van der Waals surface area contributed by atoms with Gasteiger partial charge in [-0.25, -0.2) is 4.98 Å². The van der Waals surface area contributed by atoms with Crippen molar-refractivity contribution < 1.29 is 4.79 Å². The molecule has 7 heteroatoms. The fourth-order valence-electron chi connectivity index (χ4n) is 0.558. The van der Waals surface area contributed by atoms with Gasteiger partial charge in [0.2, 0.25) is 11.0 Å². The first kappa shape index (κ1) is 9.04. The summed E-state index contributed by atoms with van der Waals surface area (Å²) in [4.78, 5) is 14.7. The van der Waals surface area contributed by atoms with Gasteiger partial charge in [-0.15, -0.1) is 0 Å². The van der Waals surface area contributed by atoms with E-state index in [1.165, 1.54) is 0 Å². The highest BCUT2D eigenvalue weighted by atomic mass is 32.1. The summed E-state index contributed by atoms with van der Waals surface area (Å²) in [7, 11) is 0. The van der Waals surface area contributed by atoms with Crippen LogP contribution >= 0.6 is 11.5 Å². The number of nitrogens with two attached hydrogens (primary N) is 2. The number of carbonyl (C=O) groups excluding carboxylic acids is 1. The number of rotatable bonds is 3. The molecule has 1 aromatic heterocycles. The number of hydrogen-bond donors (Lipinski definition) is 3. The number of aromatic nitrogens is 2. The lowest BCUT2D eigenvalue weighted by Gasteiger charge is -1.94. The van der Waals surface area contributed by atoms with Gasteiger partial charge in [0.25, 0.3) is 0 Å². The number of nitrogens with one attached hydrogen (secondary N) is 1. The molecule has 1 amide bonds. The van der Waals surface area contributed by atoms with Gasteiger partial charge in [0, 0.05) is 11.5 Å². The predicted molar refractivity (Wildman–Crippen MR) is 45.5 cm³/mol. The maximum Gasteiger partial charge on any atom is 0.239 e. The maximum absolute atomic E-state index is 10.8. The second-order valence-corrected chi connectivity index (χ2v) is 2.72. The largest absolute Gasteiger partial charge is 0.324 e. The van der Waals surface area contributed by atoms with Gasteiger partial charge in [0.1, 0.15) is 0 Å². The van der Waals surface area contributed by atoms with E-state index in [2.05, 4.69) is 14.7 Å². The molecule has 1 rings (SSSR count). The lowest BCUT2D eigenvalue weighted by Crippen LogP contribution is -2.21. The van der Waals surface area contributed by atoms with Gasteiger partial charge in [-0.2, -0.15) is 4.37 Å². The fraction of sp³-hybridized carbons (Fsp3) is 0.400. The molecule has 66 valence electrons. The zero-order chi connectivity index (χ0) is 8.97. The third-order valence-electron chi connectivity index (χ3n) is 1.08. The molecule has 0 fully saturated rings. The first-order chi connectivity index (χ1) is 5.76. The lowest BCUT2D eigenvalue weighted by molar-refractivity contribution is -0.114. The molecule has 0 aromatic carbocycles. The van der Waals surface area contributed by atoms with E-state index in [1.54, 1.807) is 0 Å². The van der Waals surface area contributed by atoms with E-state index < -0.39 is 0 Å². The van der Waals surface area contributed by atoms with Crippen molar-refractivity contribution in [1.29, 1.82) is 0 Å². The molecular weight excluding hydrogens is 178 g/mol. The molecule has 6 nitrogen and oxygen atoms in total. The Kier molecular flexibility index (Phi) is 3.09. The highest BCUT2D eigenvalue weighted by Crippen LogP contribution is 2.09. The fourth-order valence-corrected chi connectivity index (χ4v) is 1.17. The molecule has 0 aliphatic rings. The molecule has 5 N–H and O–H groups in total. The van der Waals surface area contributed by atoms with Crippen LogP contribution in [-0.4, -0.2) is 21.8 Å². The van der Waals surface area contributed by atoms with Gasteiger partial charge in [0.05, 0.1) is 13.1 Å². The Morgan fingerprint density at radius 1 is 1.58 bits per heavy atom. The number of hydrogen-bond acceptors (Lipinski definition) is 6. The summed E-state index contributed by atoms with van der Waals surface area (Å²) >= 11 is 1.09. The highest BCUT2D eigenvalue weighted by molar-refractivity contribution is 7.09. The topological polar surface area (TPSA) is 107 Å². The van der Waals surface area contributed by atoms with Crippen molar-refractivity contribution in [1.82, 2.24) is 9.36 Å². The zero-order valence-electron chi connectivity index (χ0n) is 6.28. The van der Waals surface area contributed by atoms with Gasteiger partial charge in [-0.3, -0.25) is 10.1 Å². The molecule has 1 heterocycles. The van der Waals surface area contributed by atoms with Crippen LogP contribution in [0.5, 0.6) is 0 Å². The Morgan fingerprint density at radius 3 is 2.83 bits per heavy atom. The summed E-state index contributed by atoms with van der Waals surface area (Å²) < 4.78 is 3.87. The molecule has 0 unspecified atom stereocenters. The molecule has 0 aliphatic carbocycles. The Bertz CT molecular complexity index is 273. The summed E-state index contributed by atoms with van der Waals surface area (Å²) in [6, 6.07) is 0. The second kappa shape index (κ2) is 4.10. The Hall–Kier alpha value is -1.05. The van der Waals surface area contributed by atoms with Crippen LogP contribution in [0.4, 0.5) is 5.13 Å². The SMILES string of the molecule is NCC(=O)Nc1nc(CN)ns1. The number of carbonyl (C=O) groups is 1. The molecular formula is C5H9N5OS. The molecule has 0 atom stereocenters. The van der Waals surface area contributed by atoms with E-state index in [1.807, 2.05) is 0 Å². The normalized spacial score (nSPS) is 9.83. The van der Waals surface area contributed by atoms with Crippen molar-refractivity contribution in [3.63, 3.8) is 0 Å². The van der Waals surface area contributed by atoms with Crippen LogP contribution in [0.1, 0.15) is 5.82 Å². The molecule has 0 aliphatic heterocycles. The van der Waals surface area contributed by atoms with Crippen molar-refractivity contribution in [2.45, 2.75) is 6.54 Å². The third kappa shape index (κ3) is 2.22. The first-order valence-corrected chi connectivity index (χ1v) is 4.06. The molecule has 0 saturated carbocycles. The smallest absolute Gasteiger partial charge is 0.239 e. The Balaban J connectivity index is 2.58. The van der Waals surface area contributed by atoms with Crippen molar-refractivity contribution >= 4 is 22.6 Å². The number of anilines is 1. The second-order valence-electron chi connectivity index (χ2n) is 1.97. The average Bonchev–Trinajstić information content (AvgIpc) is 2.52. The van der Waals surface area contributed by atoms with Gasteiger partial charge >= 0.3 is 0 Å². The van der Waals surface area contributed by atoms with Crippen LogP contribution in [0, 0.1) is 0 Å². The van der Waals surface area contributed by atoms with Crippen LogP contribution < -0.4 is 16.8 Å². The molecule has 0 radical (unpaired) electrons. The summed E-state index contributed by atoms with van der Waals surface area (Å²) in [6.45, 7) is 0.215. The van der Waals surface area contributed by atoms with E-state index in [0.717, 1.165) is 11.5 Å². The molecule has 0 saturated heterocycles. The lowest BCUT2D eigenvalue weighted by atomic mass is 10.6. The minimum Gasteiger partial charge on any atom is -0.324 e. The van der Waals surface area contributed by atoms with Gasteiger partial charge in [-0.1, -0.05) is 0 Å². The summed E-state index contributed by atoms with van der Waals surface area (Å²) in [5.74, 6) is 0.238. The van der Waals surface area contributed by atoms with Gasteiger partial charge in [-0.05, 0) is 0 Å². The van der Waals surface area contributed by atoms with E-state index in [4.69, 9.17) is 11.5 Å². The van der Waals surface area contributed by atoms with E-state index >= 15 is 0 Å². The zero-order valence-corrected chi connectivity index (χ0v) is 7.10. The van der Waals surface area contributed by atoms with Crippen LogP contribution in [0.15, 0.2) is 0 Å². The van der Waals surface area contributed by atoms with Crippen LogP contribution in [0.25, 0.3) is 0 Å². The number of nitrogens with zero attached hydrogens (tertiary/aromatic N) is 2. The molecule has 0 bridgehead atoms. The van der Waals surface area contributed by atoms with Crippen LogP contribution in [-0.2, 0) is 11.3 Å². The molecule has 0 spiro atoms. The van der Waals surface area contributed by atoms with Crippen LogP contribution in [0.3, 0.4) is 0 Å². The van der Waals surface area contributed by atoms with E-state index in [0.29, 0.717) is 11.0 Å². The third-order valence-corrected chi connectivity index (χ3v) is 1.75. The van der Waals surface area contributed by atoms with E-state index in [9.17, 15) is 4.79 Å².